The Hall–Kier alpha value is -2.00. The van der Waals surface area contributed by atoms with Crippen LogP contribution in [-0.4, -0.2) is 47.3 Å². The average molecular weight is 447 g/mol. The molecule has 1 aliphatic carbocycles. The Kier molecular flexibility index (Phi) is 6.09. The van der Waals surface area contributed by atoms with Gasteiger partial charge in [0, 0.05) is 36.4 Å². The Balaban J connectivity index is 1.48. The number of anilines is 1. The summed E-state index contributed by atoms with van der Waals surface area (Å²) >= 11 is 0. The molecule has 0 radical (unpaired) electrons. The van der Waals surface area contributed by atoms with Crippen LogP contribution in [-0.2, 0) is 22.9 Å². The number of rotatable bonds is 5. The third-order valence-electron chi connectivity index (χ3n) is 6.41. The average Bonchev–Trinajstić information content (AvgIpc) is 3.02. The number of hydrogen-bond donors (Lipinski definition) is 1. The molecular formula is C22H34N6O2S. The first-order valence-electron chi connectivity index (χ1n) is 11.4. The minimum Gasteiger partial charge on any atom is -0.356 e. The van der Waals surface area contributed by atoms with E-state index in [4.69, 9.17) is 4.98 Å². The van der Waals surface area contributed by atoms with E-state index in [9.17, 15) is 8.42 Å². The van der Waals surface area contributed by atoms with Gasteiger partial charge in [0.15, 0.2) is 0 Å². The lowest BCUT2D eigenvalue weighted by Gasteiger charge is -2.35. The highest BCUT2D eigenvalue weighted by Gasteiger charge is 2.31. The fourth-order valence-electron chi connectivity index (χ4n) is 4.98. The van der Waals surface area contributed by atoms with E-state index in [1.165, 1.54) is 24.1 Å². The van der Waals surface area contributed by atoms with E-state index < -0.39 is 10.0 Å². The highest BCUT2D eigenvalue weighted by atomic mass is 32.2. The monoisotopic (exact) mass is 446 g/mol. The molecule has 0 amide bonds. The van der Waals surface area contributed by atoms with Gasteiger partial charge >= 0.3 is 0 Å². The van der Waals surface area contributed by atoms with Crippen LogP contribution in [0.3, 0.4) is 0 Å². The molecule has 3 heterocycles. The number of nitrogens with zero attached hydrogens (tertiary/aromatic N) is 5. The van der Waals surface area contributed by atoms with Gasteiger partial charge in [0.2, 0.25) is 10.0 Å². The minimum atomic E-state index is -3.61. The van der Waals surface area contributed by atoms with Crippen LogP contribution in [0.25, 0.3) is 0 Å². The van der Waals surface area contributed by atoms with Crippen molar-refractivity contribution < 1.29 is 8.42 Å². The Labute approximate surface area is 185 Å². The number of nitrogens with one attached hydrogen (secondary N) is 1. The normalized spacial score (nSPS) is 17.9. The van der Waals surface area contributed by atoms with Crippen molar-refractivity contribution in [1.29, 1.82) is 0 Å². The maximum atomic E-state index is 13.2. The summed E-state index contributed by atoms with van der Waals surface area (Å²) in [5, 5.41) is 4.44. The molecule has 1 N–H and O–H groups in total. The summed E-state index contributed by atoms with van der Waals surface area (Å²) in [5.41, 5.74) is 3.74. The molecule has 0 spiro atoms. The van der Waals surface area contributed by atoms with Gasteiger partial charge in [-0.1, -0.05) is 0 Å². The number of fused-ring (bicyclic) bond motifs is 1. The standard InChI is InChI=1S/C22H34N6O2S/c1-14(2)28-16(4)21(15(3)25-28)31(29,30)26-18-10-12-27(13-11-18)22-19-8-6-7-9-20(19)23-17(5)24-22/h14,18,26H,6-13H2,1-5H3. The van der Waals surface area contributed by atoms with Crippen molar-refractivity contribution in [2.45, 2.75) is 90.1 Å². The second-order valence-electron chi connectivity index (χ2n) is 9.15. The van der Waals surface area contributed by atoms with Crippen molar-refractivity contribution in [2.24, 2.45) is 0 Å². The van der Waals surface area contributed by atoms with E-state index in [0.717, 1.165) is 50.4 Å². The van der Waals surface area contributed by atoms with Gasteiger partial charge in [-0.05, 0) is 73.1 Å². The number of aryl methyl sites for hydroxylation is 3. The van der Waals surface area contributed by atoms with Crippen LogP contribution in [0.2, 0.25) is 0 Å². The number of hydrogen-bond acceptors (Lipinski definition) is 6. The summed E-state index contributed by atoms with van der Waals surface area (Å²) in [7, 11) is -3.61. The first kappa shape index (κ1) is 22.2. The van der Waals surface area contributed by atoms with Crippen molar-refractivity contribution in [3.05, 3.63) is 28.5 Å². The van der Waals surface area contributed by atoms with E-state index >= 15 is 0 Å². The second kappa shape index (κ2) is 8.50. The quantitative estimate of drug-likeness (QED) is 0.759. The van der Waals surface area contributed by atoms with Crippen LogP contribution >= 0.6 is 0 Å². The number of piperidine rings is 1. The lowest BCUT2D eigenvalue weighted by molar-refractivity contribution is 0.456. The molecular weight excluding hydrogens is 412 g/mol. The first-order chi connectivity index (χ1) is 14.7. The van der Waals surface area contributed by atoms with Gasteiger partial charge < -0.3 is 4.90 Å². The van der Waals surface area contributed by atoms with Gasteiger partial charge in [0.1, 0.15) is 16.5 Å². The molecule has 9 heteroatoms. The number of sulfonamides is 1. The first-order valence-corrected chi connectivity index (χ1v) is 12.8. The second-order valence-corrected chi connectivity index (χ2v) is 10.8. The van der Waals surface area contributed by atoms with Gasteiger partial charge in [-0.15, -0.1) is 0 Å². The van der Waals surface area contributed by atoms with Crippen LogP contribution in [0.15, 0.2) is 4.90 Å². The van der Waals surface area contributed by atoms with Gasteiger partial charge in [-0.25, -0.2) is 23.1 Å². The molecule has 0 aromatic carbocycles. The maximum absolute atomic E-state index is 13.2. The predicted octanol–water partition coefficient (Wildman–Crippen LogP) is 3.01. The van der Waals surface area contributed by atoms with Gasteiger partial charge in [-0.3, -0.25) is 4.68 Å². The largest absolute Gasteiger partial charge is 0.356 e. The Morgan fingerprint density at radius 2 is 1.71 bits per heavy atom. The van der Waals surface area contributed by atoms with Crippen molar-refractivity contribution in [2.75, 3.05) is 18.0 Å². The zero-order valence-corrected chi connectivity index (χ0v) is 20.1. The highest BCUT2D eigenvalue weighted by Crippen LogP contribution is 2.30. The SMILES string of the molecule is Cc1nc2c(c(N3CCC(NS(=O)(=O)c4c(C)nn(C(C)C)c4C)CC3)n1)CCCC2. The minimum absolute atomic E-state index is 0.0822. The fourth-order valence-corrected chi connectivity index (χ4v) is 6.69. The van der Waals surface area contributed by atoms with Crippen molar-refractivity contribution in [3.63, 3.8) is 0 Å². The van der Waals surface area contributed by atoms with E-state index in [1.807, 2.05) is 27.7 Å². The molecule has 0 saturated carbocycles. The summed E-state index contributed by atoms with van der Waals surface area (Å²) < 4.78 is 31.1. The van der Waals surface area contributed by atoms with Gasteiger partial charge in [-0.2, -0.15) is 5.10 Å². The Morgan fingerprint density at radius 1 is 1.03 bits per heavy atom. The van der Waals surface area contributed by atoms with Crippen molar-refractivity contribution >= 4 is 15.8 Å². The fraction of sp³-hybridized carbons (Fsp3) is 0.682. The molecule has 0 unspecified atom stereocenters. The molecule has 170 valence electrons. The van der Waals surface area contributed by atoms with Gasteiger partial charge in [0.25, 0.3) is 0 Å². The molecule has 8 nitrogen and oxygen atoms in total. The Morgan fingerprint density at radius 3 is 2.35 bits per heavy atom. The van der Waals surface area contributed by atoms with Crippen LogP contribution in [0.4, 0.5) is 5.82 Å². The summed E-state index contributed by atoms with van der Waals surface area (Å²) in [6.07, 6.45) is 5.96. The van der Waals surface area contributed by atoms with E-state index in [2.05, 4.69) is 19.7 Å². The lowest BCUT2D eigenvalue weighted by atomic mass is 9.95. The number of aromatic nitrogens is 4. The van der Waals surface area contributed by atoms with E-state index in [0.29, 0.717) is 16.3 Å². The molecule has 1 aliphatic heterocycles. The Bertz CT molecular complexity index is 1070. The van der Waals surface area contributed by atoms with Gasteiger partial charge in [0.05, 0.1) is 11.4 Å². The summed E-state index contributed by atoms with van der Waals surface area (Å²) in [6.45, 7) is 11.2. The summed E-state index contributed by atoms with van der Waals surface area (Å²) in [5.74, 6) is 1.89. The van der Waals surface area contributed by atoms with Crippen molar-refractivity contribution in [1.82, 2.24) is 24.5 Å². The molecule has 0 atom stereocenters. The lowest BCUT2D eigenvalue weighted by Crippen LogP contribution is -2.45. The van der Waals surface area contributed by atoms with Crippen LogP contribution in [0.1, 0.15) is 74.0 Å². The summed E-state index contributed by atoms with van der Waals surface area (Å²) in [4.78, 5) is 12.1. The molecule has 4 rings (SSSR count). The molecule has 2 aliphatic rings. The maximum Gasteiger partial charge on any atom is 0.244 e. The van der Waals surface area contributed by atoms with Crippen LogP contribution < -0.4 is 9.62 Å². The molecule has 1 fully saturated rings. The zero-order valence-electron chi connectivity index (χ0n) is 19.3. The highest BCUT2D eigenvalue weighted by molar-refractivity contribution is 7.89. The smallest absolute Gasteiger partial charge is 0.244 e. The third-order valence-corrected chi connectivity index (χ3v) is 8.18. The van der Waals surface area contributed by atoms with E-state index in [-0.39, 0.29) is 12.1 Å². The predicted molar refractivity (Wildman–Crippen MR) is 121 cm³/mol. The molecule has 1 saturated heterocycles. The van der Waals surface area contributed by atoms with Crippen LogP contribution in [0, 0.1) is 20.8 Å². The van der Waals surface area contributed by atoms with E-state index in [1.54, 1.807) is 11.6 Å². The zero-order chi connectivity index (χ0) is 22.3. The molecule has 2 aromatic heterocycles. The van der Waals surface area contributed by atoms with Crippen LogP contribution in [0.5, 0.6) is 0 Å². The molecule has 2 aromatic rings. The topological polar surface area (TPSA) is 93.0 Å². The van der Waals surface area contributed by atoms with Crippen molar-refractivity contribution in [3.8, 4) is 0 Å². The molecule has 31 heavy (non-hydrogen) atoms. The summed E-state index contributed by atoms with van der Waals surface area (Å²) in [6, 6.07) is 0.0364. The molecule has 0 bridgehead atoms. The third kappa shape index (κ3) is 4.35.